The number of hydrogen-bond donors (Lipinski definition) is 1. The van der Waals surface area contributed by atoms with Crippen LogP contribution < -0.4 is 5.32 Å². The highest BCUT2D eigenvalue weighted by molar-refractivity contribution is 5.82. The molecule has 0 aliphatic carbocycles. The third kappa shape index (κ3) is 2.89. The standard InChI is InChI=1S/C17H19N3O/c1-3-7-16-19-13(11-17(20-16)18-4-2)15-10-12-8-5-6-9-14(12)21-15/h5-6,8-11H,3-4,7H2,1-2H3,(H,18,19,20). The Morgan fingerprint density at radius 3 is 2.71 bits per heavy atom. The lowest BCUT2D eigenvalue weighted by Gasteiger charge is -2.07. The molecular weight excluding hydrogens is 262 g/mol. The number of aryl methyl sites for hydroxylation is 1. The van der Waals surface area contributed by atoms with Crippen molar-refractivity contribution >= 4 is 16.8 Å². The molecule has 0 amide bonds. The molecule has 0 unspecified atom stereocenters. The lowest BCUT2D eigenvalue weighted by Crippen LogP contribution is -2.04. The van der Waals surface area contributed by atoms with Gasteiger partial charge in [0.05, 0.1) is 0 Å². The van der Waals surface area contributed by atoms with Crippen molar-refractivity contribution in [3.05, 3.63) is 42.2 Å². The molecular formula is C17H19N3O. The molecule has 0 saturated heterocycles. The molecule has 4 heteroatoms. The van der Waals surface area contributed by atoms with Crippen LogP contribution in [0.4, 0.5) is 5.82 Å². The van der Waals surface area contributed by atoms with E-state index < -0.39 is 0 Å². The number of benzene rings is 1. The third-order valence-corrected chi connectivity index (χ3v) is 3.28. The summed E-state index contributed by atoms with van der Waals surface area (Å²) in [4.78, 5) is 9.15. The van der Waals surface area contributed by atoms with Gasteiger partial charge in [0.2, 0.25) is 0 Å². The van der Waals surface area contributed by atoms with Gasteiger partial charge in [0.15, 0.2) is 5.76 Å². The number of anilines is 1. The maximum Gasteiger partial charge on any atom is 0.154 e. The topological polar surface area (TPSA) is 51.0 Å². The fourth-order valence-corrected chi connectivity index (χ4v) is 2.34. The van der Waals surface area contributed by atoms with Gasteiger partial charge in [-0.2, -0.15) is 0 Å². The van der Waals surface area contributed by atoms with Crippen molar-refractivity contribution in [1.29, 1.82) is 0 Å². The molecule has 21 heavy (non-hydrogen) atoms. The van der Waals surface area contributed by atoms with Crippen LogP contribution in [0.2, 0.25) is 0 Å². The van der Waals surface area contributed by atoms with Crippen molar-refractivity contribution in [2.75, 3.05) is 11.9 Å². The van der Waals surface area contributed by atoms with Crippen LogP contribution in [0.1, 0.15) is 26.1 Å². The largest absolute Gasteiger partial charge is 0.454 e. The van der Waals surface area contributed by atoms with Crippen LogP contribution in [0.15, 0.2) is 40.8 Å². The van der Waals surface area contributed by atoms with Crippen LogP contribution in [-0.4, -0.2) is 16.5 Å². The summed E-state index contributed by atoms with van der Waals surface area (Å²) in [6.07, 6.45) is 1.89. The summed E-state index contributed by atoms with van der Waals surface area (Å²) in [5.74, 6) is 2.49. The third-order valence-electron chi connectivity index (χ3n) is 3.28. The molecule has 1 aromatic carbocycles. The summed E-state index contributed by atoms with van der Waals surface area (Å²) in [5, 5.41) is 4.35. The Balaban J connectivity index is 2.06. The Morgan fingerprint density at radius 2 is 1.95 bits per heavy atom. The molecule has 3 rings (SSSR count). The van der Waals surface area contributed by atoms with E-state index in [0.29, 0.717) is 0 Å². The predicted molar refractivity (Wildman–Crippen MR) is 85.4 cm³/mol. The van der Waals surface area contributed by atoms with Crippen molar-refractivity contribution in [3.63, 3.8) is 0 Å². The summed E-state index contributed by atoms with van der Waals surface area (Å²) < 4.78 is 5.90. The Labute approximate surface area is 124 Å². The van der Waals surface area contributed by atoms with Gasteiger partial charge < -0.3 is 9.73 Å². The van der Waals surface area contributed by atoms with E-state index in [-0.39, 0.29) is 0 Å². The van der Waals surface area contributed by atoms with E-state index in [4.69, 9.17) is 4.42 Å². The molecule has 3 aromatic rings. The molecule has 2 heterocycles. The SMILES string of the molecule is CCCc1nc(NCC)cc(-c2cc3ccccc3o2)n1. The number of nitrogens with zero attached hydrogens (tertiary/aromatic N) is 2. The average Bonchev–Trinajstić information content (AvgIpc) is 2.92. The zero-order valence-corrected chi connectivity index (χ0v) is 12.4. The van der Waals surface area contributed by atoms with Crippen molar-refractivity contribution in [1.82, 2.24) is 9.97 Å². The zero-order chi connectivity index (χ0) is 14.7. The second-order valence-corrected chi connectivity index (χ2v) is 4.98. The lowest BCUT2D eigenvalue weighted by molar-refractivity contribution is 0.627. The summed E-state index contributed by atoms with van der Waals surface area (Å²) in [6, 6.07) is 12.0. The van der Waals surface area contributed by atoms with Crippen molar-refractivity contribution < 1.29 is 4.42 Å². The van der Waals surface area contributed by atoms with Crippen LogP contribution in [-0.2, 0) is 6.42 Å². The molecule has 0 radical (unpaired) electrons. The fraction of sp³-hybridized carbons (Fsp3) is 0.294. The molecule has 0 fully saturated rings. The predicted octanol–water partition coefficient (Wildman–Crippen LogP) is 4.27. The maximum atomic E-state index is 5.90. The molecule has 4 nitrogen and oxygen atoms in total. The van der Waals surface area contributed by atoms with Gasteiger partial charge in [-0.3, -0.25) is 0 Å². The molecule has 2 aromatic heterocycles. The number of nitrogens with one attached hydrogen (secondary N) is 1. The average molecular weight is 281 g/mol. The minimum absolute atomic E-state index is 0.787. The van der Waals surface area contributed by atoms with Crippen molar-refractivity contribution in [3.8, 4) is 11.5 Å². The highest BCUT2D eigenvalue weighted by atomic mass is 16.3. The van der Waals surface area contributed by atoms with E-state index in [2.05, 4.69) is 29.1 Å². The van der Waals surface area contributed by atoms with Gasteiger partial charge in [0.25, 0.3) is 0 Å². The van der Waals surface area contributed by atoms with Crippen molar-refractivity contribution in [2.24, 2.45) is 0 Å². The first-order chi connectivity index (χ1) is 10.3. The molecule has 0 aliphatic heterocycles. The second kappa shape index (κ2) is 5.95. The zero-order valence-electron chi connectivity index (χ0n) is 12.4. The molecule has 0 aliphatic rings. The number of furan rings is 1. The fourth-order valence-electron chi connectivity index (χ4n) is 2.34. The number of aromatic nitrogens is 2. The van der Waals surface area contributed by atoms with Gasteiger partial charge in [-0.25, -0.2) is 9.97 Å². The van der Waals surface area contributed by atoms with E-state index in [1.54, 1.807) is 0 Å². The minimum atomic E-state index is 0.787. The van der Waals surface area contributed by atoms with E-state index >= 15 is 0 Å². The maximum absolute atomic E-state index is 5.90. The summed E-state index contributed by atoms with van der Waals surface area (Å²) in [6.45, 7) is 5.02. The van der Waals surface area contributed by atoms with Gasteiger partial charge in [0.1, 0.15) is 22.9 Å². The molecule has 0 spiro atoms. The smallest absolute Gasteiger partial charge is 0.154 e. The molecule has 1 N–H and O–H groups in total. The quantitative estimate of drug-likeness (QED) is 0.758. The van der Waals surface area contributed by atoms with E-state index in [9.17, 15) is 0 Å². The Morgan fingerprint density at radius 1 is 1.10 bits per heavy atom. The minimum Gasteiger partial charge on any atom is -0.454 e. The first-order valence-electron chi connectivity index (χ1n) is 7.41. The van der Waals surface area contributed by atoms with Crippen LogP contribution in [0.3, 0.4) is 0 Å². The summed E-state index contributed by atoms with van der Waals surface area (Å²) >= 11 is 0. The van der Waals surface area contributed by atoms with E-state index in [1.807, 2.05) is 36.4 Å². The summed E-state index contributed by atoms with van der Waals surface area (Å²) in [5.41, 5.74) is 1.72. The van der Waals surface area contributed by atoms with E-state index in [0.717, 1.165) is 53.5 Å². The second-order valence-electron chi connectivity index (χ2n) is 4.98. The number of hydrogen-bond acceptors (Lipinski definition) is 4. The molecule has 0 bridgehead atoms. The monoisotopic (exact) mass is 281 g/mol. The van der Waals surface area contributed by atoms with Crippen LogP contribution in [0.25, 0.3) is 22.4 Å². The normalized spacial score (nSPS) is 11.0. The van der Waals surface area contributed by atoms with Crippen LogP contribution in [0.5, 0.6) is 0 Å². The number of para-hydroxylation sites is 1. The highest BCUT2D eigenvalue weighted by Gasteiger charge is 2.10. The highest BCUT2D eigenvalue weighted by Crippen LogP contribution is 2.27. The van der Waals surface area contributed by atoms with Gasteiger partial charge >= 0.3 is 0 Å². The van der Waals surface area contributed by atoms with Crippen molar-refractivity contribution in [2.45, 2.75) is 26.7 Å². The van der Waals surface area contributed by atoms with Crippen LogP contribution in [0, 0.1) is 0 Å². The lowest BCUT2D eigenvalue weighted by atomic mass is 10.2. The molecule has 0 saturated carbocycles. The first kappa shape index (κ1) is 13.6. The first-order valence-corrected chi connectivity index (χ1v) is 7.41. The van der Waals surface area contributed by atoms with Gasteiger partial charge in [0, 0.05) is 24.4 Å². The van der Waals surface area contributed by atoms with Gasteiger partial charge in [-0.1, -0.05) is 25.1 Å². The molecule has 108 valence electrons. The Hall–Kier alpha value is -2.36. The Kier molecular flexibility index (Phi) is 3.86. The van der Waals surface area contributed by atoms with Crippen LogP contribution >= 0.6 is 0 Å². The molecule has 0 atom stereocenters. The number of fused-ring (bicyclic) bond motifs is 1. The Bertz CT molecular complexity index is 691. The number of rotatable bonds is 5. The van der Waals surface area contributed by atoms with Gasteiger partial charge in [-0.15, -0.1) is 0 Å². The summed E-state index contributed by atoms with van der Waals surface area (Å²) in [7, 11) is 0. The van der Waals surface area contributed by atoms with Gasteiger partial charge in [-0.05, 0) is 25.5 Å². The van der Waals surface area contributed by atoms with E-state index in [1.165, 1.54) is 0 Å².